The summed E-state index contributed by atoms with van der Waals surface area (Å²) in [6.07, 6.45) is 0. The molecule has 7 nitrogen and oxygen atoms in total. The fourth-order valence-corrected chi connectivity index (χ4v) is 2.98. The first-order valence-corrected chi connectivity index (χ1v) is 8.47. The number of anilines is 1. The molecule has 0 aliphatic carbocycles. The Labute approximate surface area is 155 Å². The van der Waals surface area contributed by atoms with Gasteiger partial charge in [0.05, 0.1) is 7.11 Å². The summed E-state index contributed by atoms with van der Waals surface area (Å²) >= 11 is 0. The number of methoxy groups -OCH3 is 1. The van der Waals surface area contributed by atoms with Crippen LogP contribution in [-0.2, 0) is 11.3 Å². The third-order valence-corrected chi connectivity index (χ3v) is 4.23. The Morgan fingerprint density at radius 1 is 1.15 bits per heavy atom. The Morgan fingerprint density at radius 2 is 1.93 bits per heavy atom. The van der Waals surface area contributed by atoms with Crippen molar-refractivity contribution < 1.29 is 13.9 Å². The molecule has 0 aliphatic rings. The molecule has 0 atom stereocenters. The average Bonchev–Trinajstić information content (AvgIpc) is 3.26. The predicted octanol–water partition coefficient (Wildman–Crippen LogP) is 3.65. The number of carbonyl (C=O) groups excluding carboxylic acids is 1. The van der Waals surface area contributed by atoms with Crippen molar-refractivity contribution in [3.05, 3.63) is 60.5 Å². The summed E-state index contributed by atoms with van der Waals surface area (Å²) in [6, 6.07) is 17.0. The molecular formula is C20H18N4O3. The number of hydrogen-bond donors (Lipinski definition) is 1. The van der Waals surface area contributed by atoms with Gasteiger partial charge in [0.25, 0.3) is 5.89 Å². The van der Waals surface area contributed by atoms with E-state index < -0.39 is 0 Å². The number of fused-ring (bicyclic) bond motifs is 1. The summed E-state index contributed by atoms with van der Waals surface area (Å²) in [4.78, 5) is 12.6. The maximum absolute atomic E-state index is 12.6. The maximum atomic E-state index is 12.6. The van der Waals surface area contributed by atoms with Crippen LogP contribution in [0.4, 0.5) is 5.69 Å². The quantitative estimate of drug-likeness (QED) is 0.586. The van der Waals surface area contributed by atoms with Gasteiger partial charge in [0, 0.05) is 23.5 Å². The van der Waals surface area contributed by atoms with Crippen LogP contribution < -0.4 is 10.1 Å². The molecule has 4 aromatic rings. The minimum Gasteiger partial charge on any atom is -0.497 e. The predicted molar refractivity (Wildman–Crippen MR) is 102 cm³/mol. The van der Waals surface area contributed by atoms with Gasteiger partial charge in [-0.05, 0) is 36.4 Å². The third-order valence-electron chi connectivity index (χ3n) is 4.23. The van der Waals surface area contributed by atoms with Gasteiger partial charge in [-0.1, -0.05) is 18.2 Å². The van der Waals surface area contributed by atoms with Crippen LogP contribution >= 0.6 is 0 Å². The number of benzene rings is 2. The molecule has 2 aromatic carbocycles. The molecule has 0 saturated carbocycles. The zero-order valence-electron chi connectivity index (χ0n) is 15.0. The molecule has 0 aliphatic heterocycles. The van der Waals surface area contributed by atoms with Crippen molar-refractivity contribution in [2.45, 2.75) is 13.5 Å². The van der Waals surface area contributed by atoms with Gasteiger partial charge >= 0.3 is 0 Å². The van der Waals surface area contributed by atoms with Gasteiger partial charge in [0.2, 0.25) is 11.8 Å². The fourth-order valence-electron chi connectivity index (χ4n) is 2.98. The van der Waals surface area contributed by atoms with Crippen molar-refractivity contribution >= 4 is 22.5 Å². The summed E-state index contributed by atoms with van der Waals surface area (Å²) in [5, 5.41) is 11.9. The topological polar surface area (TPSA) is 82.2 Å². The lowest BCUT2D eigenvalue weighted by Gasteiger charge is -2.10. The minimum atomic E-state index is -0.154. The molecule has 27 heavy (non-hydrogen) atoms. The van der Waals surface area contributed by atoms with Crippen LogP contribution in [0, 0.1) is 6.92 Å². The SMILES string of the molecule is COc1ccc(NC(=O)Cn2c(-c3nnc(C)o3)cc3ccccc32)cc1. The summed E-state index contributed by atoms with van der Waals surface area (Å²) in [5.74, 6) is 1.45. The molecule has 0 saturated heterocycles. The number of amides is 1. The second-order valence-electron chi connectivity index (χ2n) is 6.08. The van der Waals surface area contributed by atoms with E-state index in [2.05, 4.69) is 15.5 Å². The molecule has 0 radical (unpaired) electrons. The zero-order valence-corrected chi connectivity index (χ0v) is 15.0. The van der Waals surface area contributed by atoms with Gasteiger partial charge in [0.1, 0.15) is 18.0 Å². The third kappa shape index (κ3) is 3.39. The van der Waals surface area contributed by atoms with Crippen molar-refractivity contribution in [2.24, 2.45) is 0 Å². The van der Waals surface area contributed by atoms with Crippen LogP contribution in [0.15, 0.2) is 59.0 Å². The van der Waals surface area contributed by atoms with Crippen LogP contribution in [0.2, 0.25) is 0 Å². The Morgan fingerprint density at radius 3 is 2.63 bits per heavy atom. The highest BCUT2D eigenvalue weighted by atomic mass is 16.5. The van der Waals surface area contributed by atoms with E-state index in [9.17, 15) is 4.79 Å². The summed E-state index contributed by atoms with van der Waals surface area (Å²) in [5.41, 5.74) is 2.34. The van der Waals surface area contributed by atoms with Crippen molar-refractivity contribution in [2.75, 3.05) is 12.4 Å². The second kappa shape index (κ2) is 6.95. The van der Waals surface area contributed by atoms with E-state index in [0.717, 1.165) is 16.7 Å². The van der Waals surface area contributed by atoms with E-state index in [1.54, 1.807) is 38.3 Å². The smallest absolute Gasteiger partial charge is 0.264 e. The fraction of sp³-hybridized carbons (Fsp3) is 0.150. The van der Waals surface area contributed by atoms with Gasteiger partial charge in [-0.3, -0.25) is 4.79 Å². The van der Waals surface area contributed by atoms with E-state index in [-0.39, 0.29) is 12.5 Å². The number of nitrogens with one attached hydrogen (secondary N) is 1. The molecule has 0 bridgehead atoms. The monoisotopic (exact) mass is 362 g/mol. The van der Waals surface area contributed by atoms with E-state index in [0.29, 0.717) is 23.2 Å². The molecule has 0 spiro atoms. The number of nitrogens with zero attached hydrogens (tertiary/aromatic N) is 3. The molecule has 0 unspecified atom stereocenters. The molecule has 2 aromatic heterocycles. The first kappa shape index (κ1) is 16.8. The highest BCUT2D eigenvalue weighted by Crippen LogP contribution is 2.27. The highest BCUT2D eigenvalue weighted by molar-refractivity contribution is 5.93. The molecule has 136 valence electrons. The molecule has 2 heterocycles. The van der Waals surface area contributed by atoms with E-state index in [1.807, 2.05) is 34.9 Å². The van der Waals surface area contributed by atoms with Crippen molar-refractivity contribution in [3.63, 3.8) is 0 Å². The number of carbonyl (C=O) groups is 1. The molecular weight excluding hydrogens is 344 g/mol. The number of hydrogen-bond acceptors (Lipinski definition) is 5. The van der Waals surface area contributed by atoms with Crippen LogP contribution in [0.25, 0.3) is 22.5 Å². The van der Waals surface area contributed by atoms with E-state index >= 15 is 0 Å². The van der Waals surface area contributed by atoms with Gasteiger partial charge in [-0.2, -0.15) is 0 Å². The van der Waals surface area contributed by atoms with E-state index in [1.165, 1.54) is 0 Å². The maximum Gasteiger partial charge on any atom is 0.264 e. The zero-order chi connectivity index (χ0) is 18.8. The lowest BCUT2D eigenvalue weighted by Crippen LogP contribution is -2.19. The Balaban J connectivity index is 1.64. The van der Waals surface area contributed by atoms with Crippen LogP contribution in [0.3, 0.4) is 0 Å². The molecule has 7 heteroatoms. The van der Waals surface area contributed by atoms with Gasteiger partial charge in [-0.25, -0.2) is 0 Å². The highest BCUT2D eigenvalue weighted by Gasteiger charge is 2.17. The van der Waals surface area contributed by atoms with Crippen LogP contribution in [0.1, 0.15) is 5.89 Å². The summed E-state index contributed by atoms with van der Waals surface area (Å²) in [6.45, 7) is 1.86. The first-order valence-electron chi connectivity index (χ1n) is 8.47. The number of aromatic nitrogens is 3. The lowest BCUT2D eigenvalue weighted by molar-refractivity contribution is -0.116. The second-order valence-corrected chi connectivity index (χ2v) is 6.08. The van der Waals surface area contributed by atoms with Crippen molar-refractivity contribution in [1.29, 1.82) is 0 Å². The normalized spacial score (nSPS) is 10.9. The van der Waals surface area contributed by atoms with Crippen LogP contribution in [-0.4, -0.2) is 27.8 Å². The number of rotatable bonds is 5. The van der Waals surface area contributed by atoms with E-state index in [4.69, 9.17) is 9.15 Å². The van der Waals surface area contributed by atoms with Gasteiger partial charge < -0.3 is 19.0 Å². The lowest BCUT2D eigenvalue weighted by atomic mass is 10.2. The summed E-state index contributed by atoms with van der Waals surface area (Å²) in [7, 11) is 1.60. The Hall–Kier alpha value is -3.61. The Bertz CT molecular complexity index is 1100. The first-order chi connectivity index (χ1) is 13.1. The average molecular weight is 362 g/mol. The largest absolute Gasteiger partial charge is 0.497 e. The number of ether oxygens (including phenoxy) is 1. The molecule has 0 fully saturated rings. The minimum absolute atomic E-state index is 0.121. The Kier molecular flexibility index (Phi) is 4.33. The van der Waals surface area contributed by atoms with Crippen LogP contribution in [0.5, 0.6) is 5.75 Å². The van der Waals surface area contributed by atoms with Gasteiger partial charge in [0.15, 0.2) is 0 Å². The molecule has 4 rings (SSSR count). The van der Waals surface area contributed by atoms with Crippen molar-refractivity contribution in [3.8, 4) is 17.3 Å². The molecule has 1 amide bonds. The standard InChI is InChI=1S/C20H18N4O3/c1-13-22-23-20(27-13)18-11-14-5-3-4-6-17(14)24(18)12-19(25)21-15-7-9-16(26-2)10-8-15/h3-11H,12H2,1-2H3,(H,21,25). The summed E-state index contributed by atoms with van der Waals surface area (Å²) < 4.78 is 12.6. The molecule has 1 N–H and O–H groups in total. The van der Waals surface area contributed by atoms with Crippen molar-refractivity contribution in [1.82, 2.24) is 14.8 Å². The van der Waals surface area contributed by atoms with Gasteiger partial charge in [-0.15, -0.1) is 10.2 Å². The number of para-hydroxylation sites is 1. The number of aryl methyl sites for hydroxylation is 1.